The molecule has 0 aliphatic rings. The maximum Gasteiger partial charge on any atom is 0.145 e. The van der Waals surface area contributed by atoms with Gasteiger partial charge in [-0.3, -0.25) is 4.79 Å². The molecule has 0 saturated heterocycles. The fourth-order valence-corrected chi connectivity index (χ4v) is 2.96. The number of allylic oxidation sites excluding steroid dienone is 1. The standard InChI is InChI=1S/C12H10OS2/c1-9(7-13)5-11-6-10(8-15-11)12-3-2-4-14-12/h2-8H,1H3. The molecular formula is C12H10OS2. The third-order valence-corrected chi connectivity index (χ3v) is 3.78. The Kier molecular flexibility index (Phi) is 3.14. The lowest BCUT2D eigenvalue weighted by molar-refractivity contribution is -0.104. The van der Waals surface area contributed by atoms with Gasteiger partial charge in [0.05, 0.1) is 0 Å². The summed E-state index contributed by atoms with van der Waals surface area (Å²) in [5.74, 6) is 0. The number of carbonyl (C=O) groups is 1. The van der Waals surface area contributed by atoms with E-state index in [2.05, 4.69) is 22.9 Å². The summed E-state index contributed by atoms with van der Waals surface area (Å²) in [6.45, 7) is 1.82. The molecule has 2 heterocycles. The van der Waals surface area contributed by atoms with Crippen molar-refractivity contribution in [3.63, 3.8) is 0 Å². The van der Waals surface area contributed by atoms with E-state index >= 15 is 0 Å². The Morgan fingerprint density at radius 2 is 2.27 bits per heavy atom. The summed E-state index contributed by atoms with van der Waals surface area (Å²) in [7, 11) is 0. The van der Waals surface area contributed by atoms with Crippen molar-refractivity contribution in [3.8, 4) is 10.4 Å². The molecule has 76 valence electrons. The van der Waals surface area contributed by atoms with E-state index in [1.54, 1.807) is 22.7 Å². The first kappa shape index (κ1) is 10.3. The number of hydrogen-bond donors (Lipinski definition) is 0. The summed E-state index contributed by atoms with van der Waals surface area (Å²) in [4.78, 5) is 12.9. The Morgan fingerprint density at radius 1 is 1.40 bits per heavy atom. The number of hydrogen-bond acceptors (Lipinski definition) is 3. The smallest absolute Gasteiger partial charge is 0.145 e. The second-order valence-electron chi connectivity index (χ2n) is 3.22. The molecule has 0 N–H and O–H groups in total. The lowest BCUT2D eigenvalue weighted by Crippen LogP contribution is -1.73. The van der Waals surface area contributed by atoms with Gasteiger partial charge in [-0.2, -0.15) is 0 Å². The lowest BCUT2D eigenvalue weighted by Gasteiger charge is -1.88. The second-order valence-corrected chi connectivity index (χ2v) is 5.11. The molecule has 15 heavy (non-hydrogen) atoms. The van der Waals surface area contributed by atoms with Gasteiger partial charge >= 0.3 is 0 Å². The van der Waals surface area contributed by atoms with Crippen molar-refractivity contribution in [2.75, 3.05) is 0 Å². The molecule has 2 aromatic heterocycles. The minimum absolute atomic E-state index is 0.759. The fourth-order valence-electron chi connectivity index (χ4n) is 1.26. The zero-order valence-electron chi connectivity index (χ0n) is 8.27. The first-order chi connectivity index (χ1) is 7.29. The minimum Gasteiger partial charge on any atom is -0.298 e. The van der Waals surface area contributed by atoms with E-state index in [-0.39, 0.29) is 0 Å². The van der Waals surface area contributed by atoms with Crippen LogP contribution in [0.25, 0.3) is 16.5 Å². The molecule has 3 heteroatoms. The minimum atomic E-state index is 0.759. The van der Waals surface area contributed by atoms with Gasteiger partial charge in [-0.1, -0.05) is 6.07 Å². The maximum absolute atomic E-state index is 10.5. The molecule has 0 unspecified atom stereocenters. The highest BCUT2D eigenvalue weighted by molar-refractivity contribution is 7.15. The third kappa shape index (κ3) is 2.43. The average Bonchev–Trinajstić information content (AvgIpc) is 2.85. The maximum atomic E-state index is 10.5. The van der Waals surface area contributed by atoms with Crippen molar-refractivity contribution < 1.29 is 4.79 Å². The zero-order chi connectivity index (χ0) is 10.7. The van der Waals surface area contributed by atoms with Crippen LogP contribution in [0.2, 0.25) is 0 Å². The van der Waals surface area contributed by atoms with Gasteiger partial charge in [0.15, 0.2) is 0 Å². The average molecular weight is 234 g/mol. The molecule has 2 aromatic rings. The quantitative estimate of drug-likeness (QED) is 0.577. The van der Waals surface area contributed by atoms with Gasteiger partial charge in [-0.05, 0) is 41.5 Å². The lowest BCUT2D eigenvalue weighted by atomic mass is 10.2. The molecule has 0 bridgehead atoms. The molecule has 0 aliphatic carbocycles. The largest absolute Gasteiger partial charge is 0.298 e. The van der Waals surface area contributed by atoms with Crippen molar-refractivity contribution in [3.05, 3.63) is 39.4 Å². The summed E-state index contributed by atoms with van der Waals surface area (Å²) >= 11 is 3.39. The predicted octanol–water partition coefficient (Wildman–Crippen LogP) is 4.08. The highest BCUT2D eigenvalue weighted by atomic mass is 32.1. The van der Waals surface area contributed by atoms with E-state index < -0.39 is 0 Å². The van der Waals surface area contributed by atoms with Crippen LogP contribution in [-0.2, 0) is 4.79 Å². The van der Waals surface area contributed by atoms with Gasteiger partial charge in [0.2, 0.25) is 0 Å². The van der Waals surface area contributed by atoms with Crippen LogP contribution in [0.3, 0.4) is 0 Å². The molecular weight excluding hydrogens is 224 g/mol. The molecule has 0 fully saturated rings. The summed E-state index contributed by atoms with van der Waals surface area (Å²) in [5.41, 5.74) is 1.99. The molecule has 1 nitrogen and oxygen atoms in total. The van der Waals surface area contributed by atoms with Crippen molar-refractivity contribution in [2.45, 2.75) is 6.92 Å². The van der Waals surface area contributed by atoms with E-state index in [4.69, 9.17) is 0 Å². The van der Waals surface area contributed by atoms with Crippen LogP contribution < -0.4 is 0 Å². The fraction of sp³-hybridized carbons (Fsp3) is 0.0833. The van der Waals surface area contributed by atoms with Gasteiger partial charge in [0.25, 0.3) is 0 Å². The predicted molar refractivity (Wildman–Crippen MR) is 67.3 cm³/mol. The number of rotatable bonds is 3. The van der Waals surface area contributed by atoms with Gasteiger partial charge in [0.1, 0.15) is 6.29 Å². The molecule has 2 rings (SSSR count). The van der Waals surface area contributed by atoms with E-state index in [0.717, 1.165) is 16.7 Å². The van der Waals surface area contributed by atoms with E-state index in [1.165, 1.54) is 10.4 Å². The van der Waals surface area contributed by atoms with Gasteiger partial charge in [-0.15, -0.1) is 22.7 Å². The molecule has 0 atom stereocenters. The topological polar surface area (TPSA) is 17.1 Å². The number of thiophene rings is 2. The van der Waals surface area contributed by atoms with Crippen LogP contribution in [-0.4, -0.2) is 6.29 Å². The molecule has 0 spiro atoms. The van der Waals surface area contributed by atoms with Crippen molar-refractivity contribution in [1.29, 1.82) is 0 Å². The van der Waals surface area contributed by atoms with Crippen LogP contribution in [0.1, 0.15) is 11.8 Å². The Balaban J connectivity index is 2.29. The first-order valence-electron chi connectivity index (χ1n) is 4.55. The van der Waals surface area contributed by atoms with E-state index in [9.17, 15) is 4.79 Å². The number of aldehydes is 1. The van der Waals surface area contributed by atoms with Crippen LogP contribution in [0.15, 0.2) is 34.5 Å². The molecule has 0 saturated carbocycles. The van der Waals surface area contributed by atoms with Gasteiger partial charge in [0, 0.05) is 15.3 Å². The van der Waals surface area contributed by atoms with Crippen LogP contribution in [0.4, 0.5) is 0 Å². The number of carbonyl (C=O) groups excluding carboxylic acids is 1. The van der Waals surface area contributed by atoms with Crippen LogP contribution in [0.5, 0.6) is 0 Å². The Hall–Kier alpha value is -1.19. The summed E-state index contributed by atoms with van der Waals surface area (Å²) in [6.07, 6.45) is 2.79. The summed E-state index contributed by atoms with van der Waals surface area (Å²) in [5, 5.41) is 4.19. The van der Waals surface area contributed by atoms with E-state index in [0.29, 0.717) is 0 Å². The highest BCUT2D eigenvalue weighted by Gasteiger charge is 2.01. The summed E-state index contributed by atoms with van der Waals surface area (Å²) in [6, 6.07) is 6.26. The van der Waals surface area contributed by atoms with Crippen molar-refractivity contribution in [2.24, 2.45) is 0 Å². The SMILES string of the molecule is CC(C=O)=Cc1cc(-c2cccs2)cs1. The van der Waals surface area contributed by atoms with Crippen LogP contribution in [0, 0.1) is 0 Å². The van der Waals surface area contributed by atoms with Gasteiger partial charge < -0.3 is 0 Å². The third-order valence-electron chi connectivity index (χ3n) is 1.98. The first-order valence-corrected chi connectivity index (χ1v) is 6.31. The highest BCUT2D eigenvalue weighted by Crippen LogP contribution is 2.29. The van der Waals surface area contributed by atoms with E-state index in [1.807, 2.05) is 19.1 Å². The summed E-state index contributed by atoms with van der Waals surface area (Å²) < 4.78 is 0. The molecule has 0 aliphatic heterocycles. The monoisotopic (exact) mass is 234 g/mol. The molecule has 0 aromatic carbocycles. The normalized spacial score (nSPS) is 11.7. The Morgan fingerprint density at radius 3 is 2.93 bits per heavy atom. The molecule has 0 radical (unpaired) electrons. The second kappa shape index (κ2) is 4.55. The molecule has 0 amide bonds. The Labute approximate surface area is 96.7 Å². The van der Waals surface area contributed by atoms with Crippen molar-refractivity contribution in [1.82, 2.24) is 0 Å². The zero-order valence-corrected chi connectivity index (χ0v) is 9.90. The van der Waals surface area contributed by atoms with Crippen LogP contribution >= 0.6 is 22.7 Å². The van der Waals surface area contributed by atoms with Gasteiger partial charge in [-0.25, -0.2) is 0 Å². The Bertz CT molecular complexity index is 477. The van der Waals surface area contributed by atoms with Crippen molar-refractivity contribution >= 4 is 35.0 Å².